The average Bonchev–Trinajstić information content (AvgIpc) is 2.60. The lowest BCUT2D eigenvalue weighted by atomic mass is 10.0. The molecule has 0 radical (unpaired) electrons. The van der Waals surface area contributed by atoms with Crippen LogP contribution in [0.15, 0.2) is 0 Å². The van der Waals surface area contributed by atoms with E-state index in [0.29, 0.717) is 0 Å². The smallest absolute Gasteiger partial charge is 0.119 e. The van der Waals surface area contributed by atoms with Crippen LogP contribution in [-0.2, 0) is 4.79 Å². The standard InChI is InChI=1S/C24H48O/c1-24(2)22-20-18-16-14-12-10-8-6-4-3-5-7-9-11-13-15-17-19-21-23-25/h23-24H,3-22H2,1-2H3. The third kappa shape index (κ3) is 23.7. The molecule has 0 aliphatic rings. The lowest BCUT2D eigenvalue weighted by molar-refractivity contribution is -0.107. The fourth-order valence-corrected chi connectivity index (χ4v) is 3.61. The Morgan fingerprint density at radius 3 is 1.04 bits per heavy atom. The fraction of sp³-hybridized carbons (Fsp3) is 0.958. The highest BCUT2D eigenvalue weighted by molar-refractivity contribution is 5.48. The van der Waals surface area contributed by atoms with Gasteiger partial charge in [0, 0.05) is 6.42 Å². The molecule has 0 spiro atoms. The molecule has 0 aromatic carbocycles. The Labute approximate surface area is 159 Å². The van der Waals surface area contributed by atoms with Crippen LogP contribution in [0.4, 0.5) is 0 Å². The van der Waals surface area contributed by atoms with Crippen LogP contribution in [0.3, 0.4) is 0 Å². The van der Waals surface area contributed by atoms with Crippen LogP contribution >= 0.6 is 0 Å². The van der Waals surface area contributed by atoms with E-state index in [0.717, 1.165) is 25.0 Å². The van der Waals surface area contributed by atoms with E-state index in [9.17, 15) is 4.79 Å². The van der Waals surface area contributed by atoms with Gasteiger partial charge in [0.1, 0.15) is 6.29 Å². The predicted octanol–water partition coefficient (Wildman–Crippen LogP) is 8.64. The first-order chi connectivity index (χ1) is 12.3. The topological polar surface area (TPSA) is 17.1 Å². The molecule has 0 aromatic heterocycles. The molecule has 0 aromatic rings. The molecular weight excluding hydrogens is 304 g/mol. The molecule has 0 fully saturated rings. The molecule has 0 rings (SSSR count). The molecule has 0 bridgehead atoms. The number of rotatable bonds is 21. The van der Waals surface area contributed by atoms with Gasteiger partial charge in [-0.25, -0.2) is 0 Å². The second kappa shape index (κ2) is 21.7. The van der Waals surface area contributed by atoms with E-state index in [1.165, 1.54) is 116 Å². The van der Waals surface area contributed by atoms with Gasteiger partial charge >= 0.3 is 0 Å². The number of carbonyl (C=O) groups is 1. The van der Waals surface area contributed by atoms with E-state index >= 15 is 0 Å². The van der Waals surface area contributed by atoms with E-state index < -0.39 is 0 Å². The zero-order chi connectivity index (χ0) is 18.4. The SMILES string of the molecule is CC(C)CCCCCCCCCCCCCCCCCCCCC=O. The van der Waals surface area contributed by atoms with Gasteiger partial charge in [0.15, 0.2) is 0 Å². The summed E-state index contributed by atoms with van der Waals surface area (Å²) < 4.78 is 0. The van der Waals surface area contributed by atoms with E-state index in [1.54, 1.807) is 0 Å². The largest absolute Gasteiger partial charge is 0.303 e. The first kappa shape index (κ1) is 24.7. The second-order valence-corrected chi connectivity index (χ2v) is 8.50. The molecule has 0 unspecified atom stereocenters. The molecule has 0 saturated carbocycles. The fourth-order valence-electron chi connectivity index (χ4n) is 3.61. The number of carbonyl (C=O) groups excluding carboxylic acids is 1. The molecule has 0 aliphatic carbocycles. The Hall–Kier alpha value is -0.330. The summed E-state index contributed by atoms with van der Waals surface area (Å²) in [6.45, 7) is 4.67. The Kier molecular flexibility index (Phi) is 21.4. The monoisotopic (exact) mass is 352 g/mol. The van der Waals surface area contributed by atoms with Crippen LogP contribution in [0.1, 0.15) is 142 Å². The van der Waals surface area contributed by atoms with Crippen molar-refractivity contribution in [2.24, 2.45) is 5.92 Å². The van der Waals surface area contributed by atoms with E-state index in [2.05, 4.69) is 13.8 Å². The summed E-state index contributed by atoms with van der Waals surface area (Å²) in [6.07, 6.45) is 28.6. The van der Waals surface area contributed by atoms with Crippen molar-refractivity contribution in [3.63, 3.8) is 0 Å². The van der Waals surface area contributed by atoms with E-state index in [4.69, 9.17) is 0 Å². The third-order valence-electron chi connectivity index (χ3n) is 5.35. The number of hydrogen-bond donors (Lipinski definition) is 0. The van der Waals surface area contributed by atoms with Gasteiger partial charge in [-0.3, -0.25) is 0 Å². The summed E-state index contributed by atoms with van der Waals surface area (Å²) in [5.41, 5.74) is 0. The maximum absolute atomic E-state index is 10.2. The quantitative estimate of drug-likeness (QED) is 0.149. The van der Waals surface area contributed by atoms with Gasteiger partial charge in [-0.1, -0.05) is 129 Å². The summed E-state index contributed by atoms with van der Waals surface area (Å²) >= 11 is 0. The zero-order valence-electron chi connectivity index (χ0n) is 17.7. The summed E-state index contributed by atoms with van der Waals surface area (Å²) in [5.74, 6) is 0.888. The molecule has 0 heterocycles. The maximum Gasteiger partial charge on any atom is 0.119 e. The van der Waals surface area contributed by atoms with E-state index in [-0.39, 0.29) is 0 Å². The molecular formula is C24H48O. The molecule has 25 heavy (non-hydrogen) atoms. The molecule has 1 heteroatoms. The molecule has 1 nitrogen and oxygen atoms in total. The van der Waals surface area contributed by atoms with Crippen molar-refractivity contribution in [3.8, 4) is 0 Å². The zero-order valence-corrected chi connectivity index (χ0v) is 17.7. The van der Waals surface area contributed by atoms with Crippen molar-refractivity contribution < 1.29 is 4.79 Å². The second-order valence-electron chi connectivity index (χ2n) is 8.50. The van der Waals surface area contributed by atoms with Gasteiger partial charge in [0.25, 0.3) is 0 Å². The Morgan fingerprint density at radius 2 is 0.760 bits per heavy atom. The summed E-state index contributed by atoms with van der Waals surface area (Å²) in [5, 5.41) is 0. The van der Waals surface area contributed by atoms with Crippen LogP contribution in [0.25, 0.3) is 0 Å². The highest BCUT2D eigenvalue weighted by Crippen LogP contribution is 2.15. The molecule has 0 N–H and O–H groups in total. The number of hydrogen-bond acceptors (Lipinski definition) is 1. The molecule has 0 atom stereocenters. The van der Waals surface area contributed by atoms with Gasteiger partial charge in [-0.2, -0.15) is 0 Å². The van der Waals surface area contributed by atoms with Gasteiger partial charge in [0.05, 0.1) is 0 Å². The molecule has 0 amide bonds. The highest BCUT2D eigenvalue weighted by atomic mass is 16.1. The average molecular weight is 353 g/mol. The van der Waals surface area contributed by atoms with Gasteiger partial charge in [0.2, 0.25) is 0 Å². The van der Waals surface area contributed by atoms with Crippen molar-refractivity contribution in [3.05, 3.63) is 0 Å². The molecule has 0 aliphatic heterocycles. The normalized spacial score (nSPS) is 11.3. The van der Waals surface area contributed by atoms with E-state index in [1.807, 2.05) is 0 Å². The summed E-state index contributed by atoms with van der Waals surface area (Å²) in [6, 6.07) is 0. The summed E-state index contributed by atoms with van der Waals surface area (Å²) in [4.78, 5) is 10.2. The van der Waals surface area contributed by atoms with Crippen molar-refractivity contribution in [1.29, 1.82) is 0 Å². The van der Waals surface area contributed by atoms with Crippen LogP contribution in [0, 0.1) is 5.92 Å². The Morgan fingerprint density at radius 1 is 0.480 bits per heavy atom. The van der Waals surface area contributed by atoms with Gasteiger partial charge < -0.3 is 4.79 Å². The third-order valence-corrected chi connectivity index (χ3v) is 5.35. The minimum atomic E-state index is 0.762. The summed E-state index contributed by atoms with van der Waals surface area (Å²) in [7, 11) is 0. The first-order valence-corrected chi connectivity index (χ1v) is 11.7. The lowest BCUT2D eigenvalue weighted by Crippen LogP contribution is -1.87. The van der Waals surface area contributed by atoms with Gasteiger partial charge in [-0.05, 0) is 12.3 Å². The minimum Gasteiger partial charge on any atom is -0.303 e. The van der Waals surface area contributed by atoms with Crippen LogP contribution in [0.5, 0.6) is 0 Å². The Bertz CT molecular complexity index is 246. The van der Waals surface area contributed by atoms with Crippen LogP contribution in [0.2, 0.25) is 0 Å². The highest BCUT2D eigenvalue weighted by Gasteiger charge is 1.96. The number of unbranched alkanes of at least 4 members (excludes halogenated alkanes) is 18. The number of aldehydes is 1. The van der Waals surface area contributed by atoms with Gasteiger partial charge in [-0.15, -0.1) is 0 Å². The molecule has 150 valence electrons. The Balaban J connectivity index is 2.97. The van der Waals surface area contributed by atoms with Crippen molar-refractivity contribution >= 4 is 6.29 Å². The van der Waals surface area contributed by atoms with Crippen LogP contribution in [-0.4, -0.2) is 6.29 Å². The molecule has 0 saturated heterocycles. The van der Waals surface area contributed by atoms with Crippen molar-refractivity contribution in [2.45, 2.75) is 142 Å². The van der Waals surface area contributed by atoms with Crippen molar-refractivity contribution in [2.75, 3.05) is 0 Å². The van der Waals surface area contributed by atoms with Crippen molar-refractivity contribution in [1.82, 2.24) is 0 Å². The lowest BCUT2D eigenvalue weighted by Gasteiger charge is -2.05. The minimum absolute atomic E-state index is 0.762. The predicted molar refractivity (Wildman–Crippen MR) is 113 cm³/mol. The first-order valence-electron chi connectivity index (χ1n) is 11.7. The van der Waals surface area contributed by atoms with Crippen LogP contribution < -0.4 is 0 Å². The maximum atomic E-state index is 10.2.